The molecule has 1 N–H and O–H groups in total. The molecule has 0 radical (unpaired) electrons. The van der Waals surface area contributed by atoms with E-state index < -0.39 is 0 Å². The summed E-state index contributed by atoms with van der Waals surface area (Å²) < 4.78 is 5.77. The van der Waals surface area contributed by atoms with Crippen LogP contribution in [0.1, 0.15) is 45.7 Å². The maximum Gasteiger partial charge on any atom is 0.0655 e. The Bertz CT molecular complexity index is 374. The van der Waals surface area contributed by atoms with Gasteiger partial charge in [-0.05, 0) is 25.8 Å². The molecular formula is C16H25NO. The van der Waals surface area contributed by atoms with Crippen LogP contribution in [0.4, 0.5) is 0 Å². The zero-order chi connectivity index (χ0) is 13.2. The molecule has 1 aromatic carbocycles. The van der Waals surface area contributed by atoms with E-state index in [4.69, 9.17) is 4.74 Å². The Labute approximate surface area is 111 Å². The zero-order valence-corrected chi connectivity index (χ0v) is 11.9. The predicted octanol–water partition coefficient (Wildman–Crippen LogP) is 3.54. The molecule has 0 bridgehead atoms. The van der Waals surface area contributed by atoms with E-state index in [9.17, 15) is 0 Å². The van der Waals surface area contributed by atoms with E-state index in [1.165, 1.54) is 5.56 Å². The van der Waals surface area contributed by atoms with Crippen molar-refractivity contribution in [1.29, 1.82) is 0 Å². The Hall–Kier alpha value is -0.860. The number of ether oxygens (including phenoxy) is 1. The minimum atomic E-state index is 0.235. The van der Waals surface area contributed by atoms with Crippen molar-refractivity contribution in [2.45, 2.75) is 52.3 Å². The SMILES string of the molecule is CCOC1CC(N[C@H](C)c2ccccc2)C1(C)C. The van der Waals surface area contributed by atoms with Crippen LogP contribution in [0.15, 0.2) is 30.3 Å². The molecule has 1 aliphatic carbocycles. The van der Waals surface area contributed by atoms with Crippen molar-refractivity contribution in [3.8, 4) is 0 Å². The van der Waals surface area contributed by atoms with E-state index in [0.29, 0.717) is 18.2 Å². The fourth-order valence-corrected chi connectivity index (χ4v) is 2.79. The number of hydrogen-bond donors (Lipinski definition) is 1. The summed E-state index contributed by atoms with van der Waals surface area (Å²) in [4.78, 5) is 0. The highest BCUT2D eigenvalue weighted by atomic mass is 16.5. The third kappa shape index (κ3) is 2.60. The van der Waals surface area contributed by atoms with Crippen LogP contribution in [0.2, 0.25) is 0 Å². The van der Waals surface area contributed by atoms with Gasteiger partial charge in [0.25, 0.3) is 0 Å². The van der Waals surface area contributed by atoms with Crippen LogP contribution in [0.25, 0.3) is 0 Å². The van der Waals surface area contributed by atoms with Crippen molar-refractivity contribution in [3.05, 3.63) is 35.9 Å². The van der Waals surface area contributed by atoms with Gasteiger partial charge in [0.15, 0.2) is 0 Å². The number of nitrogens with one attached hydrogen (secondary N) is 1. The molecule has 0 heterocycles. The normalized spacial score (nSPS) is 27.6. The molecule has 0 aliphatic heterocycles. The first kappa shape index (κ1) is 13.6. The third-order valence-corrected chi connectivity index (χ3v) is 4.30. The van der Waals surface area contributed by atoms with Gasteiger partial charge in [-0.25, -0.2) is 0 Å². The van der Waals surface area contributed by atoms with Gasteiger partial charge >= 0.3 is 0 Å². The lowest BCUT2D eigenvalue weighted by atomic mass is 9.64. The summed E-state index contributed by atoms with van der Waals surface area (Å²) in [6, 6.07) is 11.6. The molecule has 2 nitrogen and oxygen atoms in total. The van der Waals surface area contributed by atoms with Crippen molar-refractivity contribution in [2.24, 2.45) is 5.41 Å². The van der Waals surface area contributed by atoms with Crippen molar-refractivity contribution in [3.63, 3.8) is 0 Å². The number of benzene rings is 1. The maximum atomic E-state index is 5.77. The van der Waals surface area contributed by atoms with E-state index in [0.717, 1.165) is 13.0 Å². The molecule has 18 heavy (non-hydrogen) atoms. The Morgan fingerprint density at radius 1 is 1.33 bits per heavy atom. The standard InChI is InChI=1S/C16H25NO/c1-5-18-15-11-14(16(15,3)4)17-12(2)13-9-7-6-8-10-13/h6-10,12,14-15,17H,5,11H2,1-4H3/t12-,14?,15?/m1/s1. The smallest absolute Gasteiger partial charge is 0.0655 e. The molecule has 2 heteroatoms. The zero-order valence-electron chi connectivity index (χ0n) is 11.9. The highest BCUT2D eigenvalue weighted by Crippen LogP contribution is 2.43. The summed E-state index contributed by atoms with van der Waals surface area (Å²) in [7, 11) is 0. The van der Waals surface area contributed by atoms with Crippen molar-refractivity contribution < 1.29 is 4.74 Å². The van der Waals surface area contributed by atoms with Gasteiger partial charge in [0.1, 0.15) is 0 Å². The summed E-state index contributed by atoms with van der Waals surface area (Å²) in [5.74, 6) is 0. The van der Waals surface area contributed by atoms with Crippen LogP contribution in [-0.4, -0.2) is 18.8 Å². The average Bonchev–Trinajstić information content (AvgIpc) is 2.38. The minimum absolute atomic E-state index is 0.235. The van der Waals surface area contributed by atoms with E-state index in [1.807, 2.05) is 0 Å². The van der Waals surface area contributed by atoms with Crippen molar-refractivity contribution >= 4 is 0 Å². The second kappa shape index (κ2) is 5.41. The van der Waals surface area contributed by atoms with E-state index in [-0.39, 0.29) is 5.41 Å². The molecule has 0 amide bonds. The van der Waals surface area contributed by atoms with Gasteiger partial charge in [0.2, 0.25) is 0 Å². The average molecular weight is 247 g/mol. The van der Waals surface area contributed by atoms with Crippen LogP contribution >= 0.6 is 0 Å². The molecular weight excluding hydrogens is 222 g/mol. The van der Waals surface area contributed by atoms with Crippen LogP contribution in [-0.2, 0) is 4.74 Å². The van der Waals surface area contributed by atoms with Gasteiger partial charge in [0.05, 0.1) is 6.10 Å². The highest BCUT2D eigenvalue weighted by Gasteiger charge is 2.48. The predicted molar refractivity (Wildman–Crippen MR) is 75.6 cm³/mol. The Morgan fingerprint density at radius 3 is 2.56 bits per heavy atom. The van der Waals surface area contributed by atoms with E-state index in [1.54, 1.807) is 0 Å². The first-order valence-electron chi connectivity index (χ1n) is 6.98. The largest absolute Gasteiger partial charge is 0.378 e. The molecule has 1 aliphatic rings. The Balaban J connectivity index is 1.92. The number of hydrogen-bond acceptors (Lipinski definition) is 2. The van der Waals surface area contributed by atoms with Crippen molar-refractivity contribution in [1.82, 2.24) is 5.32 Å². The fraction of sp³-hybridized carbons (Fsp3) is 0.625. The Morgan fingerprint density at radius 2 is 2.00 bits per heavy atom. The molecule has 0 saturated heterocycles. The molecule has 1 saturated carbocycles. The van der Waals surface area contributed by atoms with Crippen molar-refractivity contribution in [2.75, 3.05) is 6.61 Å². The van der Waals surface area contributed by atoms with Gasteiger partial charge in [-0.3, -0.25) is 0 Å². The molecule has 1 fully saturated rings. The molecule has 100 valence electrons. The molecule has 0 aromatic heterocycles. The molecule has 0 spiro atoms. The summed E-state index contributed by atoms with van der Waals surface area (Å²) in [6.45, 7) is 9.72. The van der Waals surface area contributed by atoms with E-state index in [2.05, 4.69) is 63.3 Å². The van der Waals surface area contributed by atoms with Crippen LogP contribution < -0.4 is 5.32 Å². The lowest BCUT2D eigenvalue weighted by molar-refractivity contribution is -0.116. The first-order valence-corrected chi connectivity index (χ1v) is 6.98. The van der Waals surface area contributed by atoms with Gasteiger partial charge in [0, 0.05) is 24.1 Å². The third-order valence-electron chi connectivity index (χ3n) is 4.30. The summed E-state index contributed by atoms with van der Waals surface area (Å²) >= 11 is 0. The number of rotatable bonds is 5. The van der Waals surface area contributed by atoms with Gasteiger partial charge in [-0.15, -0.1) is 0 Å². The summed E-state index contributed by atoms with van der Waals surface area (Å²) in [5, 5.41) is 3.73. The first-order chi connectivity index (χ1) is 8.55. The molecule has 3 atom stereocenters. The van der Waals surface area contributed by atoms with Crippen LogP contribution in [0.3, 0.4) is 0 Å². The second-order valence-corrected chi connectivity index (χ2v) is 5.85. The van der Waals surface area contributed by atoms with Gasteiger partial charge < -0.3 is 10.1 Å². The van der Waals surface area contributed by atoms with Crippen LogP contribution in [0.5, 0.6) is 0 Å². The molecule has 2 unspecified atom stereocenters. The summed E-state index contributed by atoms with van der Waals surface area (Å²) in [6.07, 6.45) is 1.53. The topological polar surface area (TPSA) is 21.3 Å². The lowest BCUT2D eigenvalue weighted by Crippen LogP contribution is -2.61. The monoisotopic (exact) mass is 247 g/mol. The second-order valence-electron chi connectivity index (χ2n) is 5.85. The quantitative estimate of drug-likeness (QED) is 0.859. The minimum Gasteiger partial charge on any atom is -0.378 e. The van der Waals surface area contributed by atoms with Gasteiger partial charge in [-0.1, -0.05) is 44.2 Å². The highest BCUT2D eigenvalue weighted by molar-refractivity contribution is 5.19. The fourth-order valence-electron chi connectivity index (χ4n) is 2.79. The molecule has 2 rings (SSSR count). The Kier molecular flexibility index (Phi) is 4.08. The van der Waals surface area contributed by atoms with E-state index >= 15 is 0 Å². The lowest BCUT2D eigenvalue weighted by Gasteiger charge is -2.52. The van der Waals surface area contributed by atoms with Gasteiger partial charge in [-0.2, -0.15) is 0 Å². The summed E-state index contributed by atoms with van der Waals surface area (Å²) in [5.41, 5.74) is 1.59. The molecule has 1 aromatic rings. The van der Waals surface area contributed by atoms with Crippen LogP contribution in [0, 0.1) is 5.41 Å². The maximum absolute atomic E-state index is 5.77.